The molecule has 0 bridgehead atoms. The summed E-state index contributed by atoms with van der Waals surface area (Å²) in [6.07, 6.45) is 0.0425. The van der Waals surface area contributed by atoms with Gasteiger partial charge in [-0.2, -0.15) is 0 Å². The molecule has 4 nitrogen and oxygen atoms in total. The lowest BCUT2D eigenvalue weighted by molar-refractivity contribution is -0.407. The number of ether oxygens (including phenoxy) is 1. The Morgan fingerprint density at radius 3 is 2.44 bits per heavy atom. The highest BCUT2D eigenvalue weighted by molar-refractivity contribution is 5.74. The maximum absolute atomic E-state index is 12.9. The third-order valence-electron chi connectivity index (χ3n) is 2.09. The Hall–Kier alpha value is -1.69. The number of hydrogen-bond donors (Lipinski definition) is 2. The van der Waals surface area contributed by atoms with Gasteiger partial charge in [0, 0.05) is 6.42 Å². The van der Waals surface area contributed by atoms with Crippen molar-refractivity contribution in [3.05, 3.63) is 29.3 Å². The fourth-order valence-electron chi connectivity index (χ4n) is 1.27. The first-order chi connectivity index (χ1) is 7.45. The van der Waals surface area contributed by atoms with Crippen molar-refractivity contribution in [3.8, 4) is 5.75 Å². The van der Waals surface area contributed by atoms with Gasteiger partial charge >= 0.3 is 5.97 Å². The molecule has 1 unspecified atom stereocenters. The second-order valence-electron chi connectivity index (χ2n) is 3.33. The molecule has 0 saturated heterocycles. The van der Waals surface area contributed by atoms with Crippen molar-refractivity contribution in [2.75, 3.05) is 7.11 Å². The van der Waals surface area contributed by atoms with Crippen molar-refractivity contribution < 1.29 is 29.2 Å². The molecule has 0 spiro atoms. The van der Waals surface area contributed by atoms with Crippen LogP contribution in [0.5, 0.6) is 5.75 Å². The SMILES string of the molecule is COC(=O)C([NH3+])Cc1cc(F)c(O)c(F)c1. The van der Waals surface area contributed by atoms with Crippen LogP contribution in [-0.4, -0.2) is 24.2 Å². The molecule has 1 atom stereocenters. The Labute approximate surface area is 90.6 Å². The van der Waals surface area contributed by atoms with E-state index in [-0.39, 0.29) is 12.0 Å². The van der Waals surface area contributed by atoms with E-state index in [4.69, 9.17) is 5.11 Å². The van der Waals surface area contributed by atoms with Gasteiger partial charge in [0.25, 0.3) is 0 Å². The number of methoxy groups -OCH3 is 1. The highest BCUT2D eigenvalue weighted by Crippen LogP contribution is 2.21. The Morgan fingerprint density at radius 2 is 2.00 bits per heavy atom. The number of hydrogen-bond acceptors (Lipinski definition) is 3. The van der Waals surface area contributed by atoms with Gasteiger partial charge in [-0.05, 0) is 17.7 Å². The summed E-state index contributed by atoms with van der Waals surface area (Å²) >= 11 is 0. The summed E-state index contributed by atoms with van der Waals surface area (Å²) < 4.78 is 30.3. The lowest BCUT2D eigenvalue weighted by Crippen LogP contribution is -2.66. The molecule has 0 heterocycles. The smallest absolute Gasteiger partial charge is 0.364 e. The van der Waals surface area contributed by atoms with E-state index >= 15 is 0 Å². The second kappa shape index (κ2) is 4.89. The average molecular weight is 232 g/mol. The molecule has 0 saturated carbocycles. The first kappa shape index (κ1) is 12.4. The zero-order valence-electron chi connectivity index (χ0n) is 8.67. The Balaban J connectivity index is 2.86. The van der Waals surface area contributed by atoms with E-state index < -0.39 is 29.4 Å². The number of esters is 1. The van der Waals surface area contributed by atoms with Crippen molar-refractivity contribution >= 4 is 5.97 Å². The number of carbonyl (C=O) groups is 1. The van der Waals surface area contributed by atoms with E-state index in [9.17, 15) is 13.6 Å². The van der Waals surface area contributed by atoms with E-state index in [1.165, 1.54) is 7.11 Å². The Bertz CT molecular complexity index is 386. The van der Waals surface area contributed by atoms with Gasteiger partial charge in [0.15, 0.2) is 23.4 Å². The third kappa shape index (κ3) is 2.66. The predicted octanol–water partition coefficient (Wildman–Crippen LogP) is -0.00360. The van der Waals surface area contributed by atoms with E-state index in [0.717, 1.165) is 12.1 Å². The van der Waals surface area contributed by atoms with Gasteiger partial charge in [-0.25, -0.2) is 13.6 Å². The molecule has 0 fully saturated rings. The second-order valence-corrected chi connectivity index (χ2v) is 3.33. The van der Waals surface area contributed by atoms with Crippen LogP contribution in [0, 0.1) is 11.6 Å². The third-order valence-corrected chi connectivity index (χ3v) is 2.09. The minimum atomic E-state index is -1.06. The normalized spacial score (nSPS) is 12.2. The van der Waals surface area contributed by atoms with E-state index in [1.807, 2.05) is 0 Å². The maximum Gasteiger partial charge on any atom is 0.364 e. The molecule has 0 aliphatic carbocycles. The number of carbonyl (C=O) groups excluding carboxylic acids is 1. The van der Waals surface area contributed by atoms with Crippen molar-refractivity contribution in [3.63, 3.8) is 0 Å². The fourth-order valence-corrected chi connectivity index (χ4v) is 1.27. The first-order valence-electron chi connectivity index (χ1n) is 4.53. The molecule has 1 aromatic carbocycles. The van der Waals surface area contributed by atoms with E-state index in [0.29, 0.717) is 0 Å². The summed E-state index contributed by atoms with van der Waals surface area (Å²) in [6.45, 7) is 0. The summed E-state index contributed by atoms with van der Waals surface area (Å²) in [5, 5.41) is 8.86. The molecule has 6 heteroatoms. The molecule has 0 aliphatic heterocycles. The molecule has 1 aromatic rings. The van der Waals surface area contributed by atoms with Crippen LogP contribution in [-0.2, 0) is 16.0 Å². The van der Waals surface area contributed by atoms with Gasteiger partial charge in [0.05, 0.1) is 7.11 Å². The monoisotopic (exact) mass is 232 g/mol. The number of aromatic hydroxyl groups is 1. The van der Waals surface area contributed by atoms with Crippen LogP contribution >= 0.6 is 0 Å². The lowest BCUT2D eigenvalue weighted by Gasteiger charge is -2.07. The Morgan fingerprint density at radius 1 is 1.50 bits per heavy atom. The number of phenols is 1. The largest absolute Gasteiger partial charge is 0.503 e. The summed E-state index contributed by atoms with van der Waals surface area (Å²) in [4.78, 5) is 11.0. The van der Waals surface area contributed by atoms with Crippen molar-refractivity contribution in [1.82, 2.24) is 0 Å². The van der Waals surface area contributed by atoms with Gasteiger partial charge in [-0.3, -0.25) is 0 Å². The van der Waals surface area contributed by atoms with Crippen LogP contribution in [0.15, 0.2) is 12.1 Å². The molecule has 0 amide bonds. The number of benzene rings is 1. The van der Waals surface area contributed by atoms with E-state index in [1.54, 1.807) is 0 Å². The standard InChI is InChI=1S/C10H11F2NO3/c1-16-10(15)8(13)4-5-2-6(11)9(14)7(12)3-5/h2-3,8,14H,4,13H2,1H3/p+1. The van der Waals surface area contributed by atoms with Crippen LogP contribution in [0.3, 0.4) is 0 Å². The minimum Gasteiger partial charge on any atom is -0.503 e. The molecular weight excluding hydrogens is 220 g/mol. The summed E-state index contributed by atoms with van der Waals surface area (Å²) in [6, 6.07) is 1.17. The molecule has 1 rings (SSSR count). The van der Waals surface area contributed by atoms with Crippen LogP contribution in [0.25, 0.3) is 0 Å². The van der Waals surface area contributed by atoms with Crippen LogP contribution in [0.1, 0.15) is 5.56 Å². The van der Waals surface area contributed by atoms with Crippen LogP contribution in [0.4, 0.5) is 8.78 Å². The van der Waals surface area contributed by atoms with Crippen molar-refractivity contribution in [2.45, 2.75) is 12.5 Å². The quantitative estimate of drug-likeness (QED) is 0.720. The van der Waals surface area contributed by atoms with Crippen molar-refractivity contribution in [1.29, 1.82) is 0 Å². The number of rotatable bonds is 3. The first-order valence-corrected chi connectivity index (χ1v) is 4.53. The zero-order valence-corrected chi connectivity index (χ0v) is 8.67. The van der Waals surface area contributed by atoms with E-state index in [2.05, 4.69) is 10.5 Å². The Kier molecular flexibility index (Phi) is 3.78. The molecular formula is C10H12F2NO3+. The number of phenolic OH excluding ortho intramolecular Hbond substituents is 1. The molecule has 0 aliphatic rings. The number of halogens is 2. The summed E-state index contributed by atoms with van der Waals surface area (Å²) in [5.74, 6) is -3.71. The minimum absolute atomic E-state index is 0.0425. The lowest BCUT2D eigenvalue weighted by atomic mass is 10.1. The maximum atomic E-state index is 12.9. The zero-order chi connectivity index (χ0) is 12.3. The summed E-state index contributed by atoms with van der Waals surface area (Å²) in [5.41, 5.74) is 3.74. The van der Waals surface area contributed by atoms with Gasteiger partial charge in [0.2, 0.25) is 0 Å². The van der Waals surface area contributed by atoms with Crippen molar-refractivity contribution in [2.24, 2.45) is 0 Å². The number of quaternary nitrogens is 1. The van der Waals surface area contributed by atoms with Crippen LogP contribution < -0.4 is 5.73 Å². The van der Waals surface area contributed by atoms with Gasteiger partial charge in [0.1, 0.15) is 0 Å². The molecule has 4 N–H and O–H groups in total. The summed E-state index contributed by atoms with van der Waals surface area (Å²) in [7, 11) is 1.21. The van der Waals surface area contributed by atoms with Gasteiger partial charge in [-0.15, -0.1) is 0 Å². The average Bonchev–Trinajstić information content (AvgIpc) is 2.24. The topological polar surface area (TPSA) is 74.2 Å². The highest BCUT2D eigenvalue weighted by atomic mass is 19.1. The molecule has 0 radical (unpaired) electrons. The molecule has 88 valence electrons. The highest BCUT2D eigenvalue weighted by Gasteiger charge is 2.20. The fraction of sp³-hybridized carbons (Fsp3) is 0.300. The molecule has 0 aromatic heterocycles. The van der Waals surface area contributed by atoms with Gasteiger partial charge < -0.3 is 15.6 Å². The molecule has 16 heavy (non-hydrogen) atoms. The predicted molar refractivity (Wildman–Crippen MR) is 50.4 cm³/mol. The van der Waals surface area contributed by atoms with Crippen LogP contribution in [0.2, 0.25) is 0 Å². The van der Waals surface area contributed by atoms with Gasteiger partial charge in [-0.1, -0.05) is 0 Å².